The molecule has 2 aromatic heterocycles. The molecule has 0 bridgehead atoms. The molecule has 3 nitrogen and oxygen atoms in total. The molecule has 0 aliphatic carbocycles. The van der Waals surface area contributed by atoms with E-state index in [0.717, 1.165) is 19.4 Å². The average Bonchev–Trinajstić information content (AvgIpc) is 2.94. The number of hydrogen-bond donors (Lipinski definition) is 1. The Morgan fingerprint density at radius 3 is 2.84 bits per heavy atom. The molecular formula is C14H20BrN3S. The summed E-state index contributed by atoms with van der Waals surface area (Å²) in [6.07, 6.45) is 4.14. The van der Waals surface area contributed by atoms with Crippen molar-refractivity contribution in [3.63, 3.8) is 0 Å². The van der Waals surface area contributed by atoms with Gasteiger partial charge >= 0.3 is 0 Å². The van der Waals surface area contributed by atoms with Gasteiger partial charge in [-0.15, -0.1) is 11.3 Å². The largest absolute Gasteiger partial charge is 0.310 e. The number of halogens is 1. The smallest absolute Gasteiger partial charge is 0.0669 e. The lowest BCUT2D eigenvalue weighted by molar-refractivity contribution is 0.549. The zero-order valence-electron chi connectivity index (χ0n) is 11.6. The number of hydrogen-bond acceptors (Lipinski definition) is 3. The molecule has 19 heavy (non-hydrogen) atoms. The van der Waals surface area contributed by atoms with Crippen molar-refractivity contribution in [2.45, 2.75) is 32.7 Å². The van der Waals surface area contributed by atoms with Crippen LogP contribution in [0.1, 0.15) is 36.0 Å². The first-order valence-corrected chi connectivity index (χ1v) is 8.30. The first-order valence-electron chi connectivity index (χ1n) is 6.62. The van der Waals surface area contributed by atoms with E-state index in [4.69, 9.17) is 0 Å². The number of aryl methyl sites for hydroxylation is 2. The Morgan fingerprint density at radius 2 is 2.26 bits per heavy atom. The summed E-state index contributed by atoms with van der Waals surface area (Å²) in [5.41, 5.74) is 2.53. The quantitative estimate of drug-likeness (QED) is 0.868. The minimum atomic E-state index is 0.346. The lowest BCUT2D eigenvalue weighted by atomic mass is 10.0. The summed E-state index contributed by atoms with van der Waals surface area (Å²) < 4.78 is 3.09. The Morgan fingerprint density at radius 1 is 1.47 bits per heavy atom. The summed E-state index contributed by atoms with van der Waals surface area (Å²) in [4.78, 5) is 1.39. The number of nitrogens with zero attached hydrogens (tertiary/aromatic N) is 2. The van der Waals surface area contributed by atoms with Gasteiger partial charge in [-0.2, -0.15) is 5.10 Å². The van der Waals surface area contributed by atoms with Gasteiger partial charge in [0, 0.05) is 46.0 Å². The molecule has 0 fully saturated rings. The maximum atomic E-state index is 4.55. The number of rotatable bonds is 6. The van der Waals surface area contributed by atoms with Crippen LogP contribution in [-0.2, 0) is 19.9 Å². The Hall–Kier alpha value is -0.650. The molecule has 5 heteroatoms. The summed E-state index contributed by atoms with van der Waals surface area (Å²) in [5.74, 6) is 0. The van der Waals surface area contributed by atoms with Gasteiger partial charge in [0.2, 0.25) is 0 Å². The first kappa shape index (κ1) is 14.8. The van der Waals surface area contributed by atoms with Crippen LogP contribution in [0.3, 0.4) is 0 Å². The standard InChI is InChI=1S/C14H20BrN3S/c1-4-13-12(8-18(3)17-13)14(16-5-2)7-11-6-10(15)9-19-11/h6,8-9,14,16H,4-5,7H2,1-3H3. The SMILES string of the molecule is CCNC(Cc1cc(Br)cs1)c1cn(C)nc1CC. The van der Waals surface area contributed by atoms with Gasteiger partial charge in [0.05, 0.1) is 5.69 Å². The van der Waals surface area contributed by atoms with Gasteiger partial charge in [-0.25, -0.2) is 0 Å². The molecule has 2 rings (SSSR count). The van der Waals surface area contributed by atoms with Gasteiger partial charge in [0.15, 0.2) is 0 Å². The summed E-state index contributed by atoms with van der Waals surface area (Å²) in [6, 6.07) is 2.55. The highest BCUT2D eigenvalue weighted by atomic mass is 79.9. The van der Waals surface area contributed by atoms with Crippen LogP contribution in [0, 0.1) is 0 Å². The lowest BCUT2D eigenvalue weighted by Crippen LogP contribution is -2.23. The van der Waals surface area contributed by atoms with E-state index in [1.807, 2.05) is 11.7 Å². The van der Waals surface area contributed by atoms with Crippen molar-refractivity contribution in [1.29, 1.82) is 0 Å². The summed E-state index contributed by atoms with van der Waals surface area (Å²) in [7, 11) is 1.99. The third-order valence-electron chi connectivity index (χ3n) is 3.13. The molecule has 0 amide bonds. The van der Waals surface area contributed by atoms with Crippen LogP contribution < -0.4 is 5.32 Å². The van der Waals surface area contributed by atoms with Crippen LogP contribution in [0.2, 0.25) is 0 Å². The second-order valence-corrected chi connectivity index (χ2v) is 6.52. The second-order valence-electron chi connectivity index (χ2n) is 4.60. The van der Waals surface area contributed by atoms with Crippen molar-refractivity contribution in [3.8, 4) is 0 Å². The van der Waals surface area contributed by atoms with Gasteiger partial charge in [-0.05, 0) is 35.0 Å². The van der Waals surface area contributed by atoms with Crippen LogP contribution in [-0.4, -0.2) is 16.3 Å². The third-order valence-corrected chi connectivity index (χ3v) is 4.85. The highest BCUT2D eigenvalue weighted by Crippen LogP contribution is 2.27. The topological polar surface area (TPSA) is 29.9 Å². The predicted octanol–water partition coefficient (Wildman–Crippen LogP) is 3.70. The molecule has 0 aromatic carbocycles. The van der Waals surface area contributed by atoms with Crippen molar-refractivity contribution in [2.75, 3.05) is 6.54 Å². The number of nitrogens with one attached hydrogen (secondary N) is 1. The number of aromatic nitrogens is 2. The van der Waals surface area contributed by atoms with E-state index in [1.165, 1.54) is 20.6 Å². The molecule has 0 saturated heterocycles. The fraction of sp³-hybridized carbons (Fsp3) is 0.500. The molecular weight excluding hydrogens is 322 g/mol. The van der Waals surface area contributed by atoms with Crippen molar-refractivity contribution in [2.24, 2.45) is 7.05 Å². The molecule has 1 N–H and O–H groups in total. The van der Waals surface area contributed by atoms with Crippen molar-refractivity contribution in [1.82, 2.24) is 15.1 Å². The van der Waals surface area contributed by atoms with Gasteiger partial charge in [-0.3, -0.25) is 4.68 Å². The molecule has 1 atom stereocenters. The minimum Gasteiger partial charge on any atom is -0.310 e. The lowest BCUT2D eigenvalue weighted by Gasteiger charge is -2.17. The van der Waals surface area contributed by atoms with Crippen LogP contribution in [0.25, 0.3) is 0 Å². The Kier molecular flexibility index (Phi) is 5.19. The van der Waals surface area contributed by atoms with E-state index >= 15 is 0 Å². The third kappa shape index (κ3) is 3.68. The zero-order valence-corrected chi connectivity index (χ0v) is 14.0. The molecule has 2 heterocycles. The van der Waals surface area contributed by atoms with Gasteiger partial charge < -0.3 is 5.32 Å². The summed E-state index contributed by atoms with van der Waals surface area (Å²) in [6.45, 7) is 5.28. The molecule has 0 aliphatic heterocycles. The summed E-state index contributed by atoms with van der Waals surface area (Å²) in [5, 5.41) is 10.3. The molecule has 0 saturated carbocycles. The molecule has 104 valence electrons. The van der Waals surface area contributed by atoms with Crippen molar-refractivity contribution >= 4 is 27.3 Å². The van der Waals surface area contributed by atoms with Crippen molar-refractivity contribution < 1.29 is 0 Å². The maximum Gasteiger partial charge on any atom is 0.0669 e. The fourth-order valence-electron chi connectivity index (χ4n) is 2.32. The Balaban J connectivity index is 2.23. The van der Waals surface area contributed by atoms with E-state index in [1.54, 1.807) is 11.3 Å². The molecule has 2 aromatic rings. The Labute approximate surface area is 127 Å². The molecule has 0 radical (unpaired) electrons. The van der Waals surface area contributed by atoms with Crippen molar-refractivity contribution in [3.05, 3.63) is 38.3 Å². The first-order chi connectivity index (χ1) is 9.13. The second kappa shape index (κ2) is 6.68. The van der Waals surface area contributed by atoms with Gasteiger partial charge in [0.25, 0.3) is 0 Å². The summed E-state index contributed by atoms with van der Waals surface area (Å²) >= 11 is 5.33. The van der Waals surface area contributed by atoms with E-state index in [9.17, 15) is 0 Å². The molecule has 0 spiro atoms. The van der Waals surface area contributed by atoms with E-state index < -0.39 is 0 Å². The zero-order chi connectivity index (χ0) is 13.8. The fourth-order valence-corrected chi connectivity index (χ4v) is 3.82. The highest BCUT2D eigenvalue weighted by Gasteiger charge is 2.18. The Bertz CT molecular complexity index is 533. The van der Waals surface area contributed by atoms with Crippen LogP contribution in [0.15, 0.2) is 22.1 Å². The normalized spacial score (nSPS) is 12.8. The van der Waals surface area contributed by atoms with Crippen LogP contribution in [0.5, 0.6) is 0 Å². The average molecular weight is 342 g/mol. The minimum absolute atomic E-state index is 0.346. The highest BCUT2D eigenvalue weighted by molar-refractivity contribution is 9.10. The maximum absolute atomic E-state index is 4.55. The van der Waals surface area contributed by atoms with Crippen LogP contribution >= 0.6 is 27.3 Å². The van der Waals surface area contributed by atoms with E-state index in [2.05, 4.69) is 57.8 Å². The van der Waals surface area contributed by atoms with E-state index in [-0.39, 0.29) is 0 Å². The van der Waals surface area contributed by atoms with Gasteiger partial charge in [0.1, 0.15) is 0 Å². The number of thiophene rings is 1. The monoisotopic (exact) mass is 341 g/mol. The van der Waals surface area contributed by atoms with Gasteiger partial charge in [-0.1, -0.05) is 13.8 Å². The number of likely N-dealkylation sites (N-methyl/N-ethyl adjacent to an activating group) is 1. The van der Waals surface area contributed by atoms with Crippen LogP contribution in [0.4, 0.5) is 0 Å². The van der Waals surface area contributed by atoms with E-state index in [0.29, 0.717) is 6.04 Å². The molecule has 1 unspecified atom stereocenters. The predicted molar refractivity (Wildman–Crippen MR) is 84.7 cm³/mol. The molecule has 0 aliphatic rings.